The smallest absolute Gasteiger partial charge is 0.143 e. The van der Waals surface area contributed by atoms with E-state index in [0.717, 1.165) is 60.2 Å². The summed E-state index contributed by atoms with van der Waals surface area (Å²) in [6.45, 7) is 6.50. The first-order valence-electron chi connectivity index (χ1n) is 10.2. The third-order valence-corrected chi connectivity index (χ3v) is 5.66. The zero-order valence-corrected chi connectivity index (χ0v) is 17.1. The molecule has 0 aliphatic heterocycles. The van der Waals surface area contributed by atoms with Crippen LogP contribution in [0.3, 0.4) is 0 Å². The maximum atomic E-state index is 9.90. The second kappa shape index (κ2) is 7.48. The summed E-state index contributed by atoms with van der Waals surface area (Å²) in [7, 11) is 0. The highest BCUT2D eigenvalue weighted by Gasteiger charge is 2.26. The van der Waals surface area contributed by atoms with E-state index in [1.165, 1.54) is 0 Å². The fraction of sp³-hybridized carbons (Fsp3) is 0.524. The molecule has 8 heteroatoms. The van der Waals surface area contributed by atoms with Gasteiger partial charge in [0.15, 0.2) is 0 Å². The van der Waals surface area contributed by atoms with Crippen LogP contribution in [0, 0.1) is 11.3 Å². The van der Waals surface area contributed by atoms with E-state index in [0.29, 0.717) is 0 Å². The molecule has 0 spiro atoms. The fourth-order valence-electron chi connectivity index (χ4n) is 3.91. The van der Waals surface area contributed by atoms with Crippen LogP contribution in [0.4, 0.5) is 5.82 Å². The number of fused-ring (bicyclic) bond motifs is 1. The molecule has 3 aromatic rings. The van der Waals surface area contributed by atoms with Crippen molar-refractivity contribution in [2.24, 2.45) is 0 Å². The lowest BCUT2D eigenvalue weighted by molar-refractivity contribution is 0.109. The maximum Gasteiger partial charge on any atom is 0.143 e. The zero-order chi connectivity index (χ0) is 20.6. The third kappa shape index (κ3) is 3.58. The van der Waals surface area contributed by atoms with Gasteiger partial charge in [-0.15, -0.1) is 0 Å². The second-order valence-electron chi connectivity index (χ2n) is 8.22. The van der Waals surface area contributed by atoms with Gasteiger partial charge in [-0.3, -0.25) is 9.36 Å². The van der Waals surface area contributed by atoms with Gasteiger partial charge in [-0.05, 0) is 46.5 Å². The van der Waals surface area contributed by atoms with Gasteiger partial charge in [0, 0.05) is 36.0 Å². The molecule has 1 aliphatic carbocycles. The highest BCUT2D eigenvalue weighted by Crippen LogP contribution is 2.35. The Balaban J connectivity index is 1.81. The standard InChI is InChI=1S/C21H27N7O/c1-4-23-19-9-18-17(11-24-19)20(14-10-25-27(12-14)21(2,3)13-22)26-28(18)15-5-7-16(29)8-6-15/h9-12,15-16,29H,4-8H2,1-3H3,(H,23,24). The van der Waals surface area contributed by atoms with Crippen molar-refractivity contribution >= 4 is 16.7 Å². The number of nitriles is 1. The molecule has 0 unspecified atom stereocenters. The number of hydrogen-bond acceptors (Lipinski definition) is 6. The first kappa shape index (κ1) is 19.4. The molecule has 1 aliphatic rings. The molecular formula is C21H27N7O. The molecule has 0 saturated heterocycles. The second-order valence-corrected chi connectivity index (χ2v) is 8.22. The van der Waals surface area contributed by atoms with Crippen LogP contribution in [-0.4, -0.2) is 42.3 Å². The minimum Gasteiger partial charge on any atom is -0.393 e. The molecule has 0 amide bonds. The molecule has 0 atom stereocenters. The number of aliphatic hydroxyl groups is 1. The molecule has 29 heavy (non-hydrogen) atoms. The number of hydrogen-bond donors (Lipinski definition) is 2. The number of rotatable bonds is 5. The van der Waals surface area contributed by atoms with Crippen LogP contribution in [0.15, 0.2) is 24.7 Å². The summed E-state index contributed by atoms with van der Waals surface area (Å²) in [4.78, 5) is 4.54. The summed E-state index contributed by atoms with van der Waals surface area (Å²) in [6, 6.07) is 4.57. The maximum absolute atomic E-state index is 9.90. The van der Waals surface area contributed by atoms with Gasteiger partial charge in [0.2, 0.25) is 0 Å². The average molecular weight is 393 g/mol. The number of aliphatic hydroxyl groups excluding tert-OH is 1. The molecule has 0 bridgehead atoms. The Kier molecular flexibility index (Phi) is 5.01. The quantitative estimate of drug-likeness (QED) is 0.688. The minimum absolute atomic E-state index is 0.210. The van der Waals surface area contributed by atoms with E-state index in [2.05, 4.69) is 26.2 Å². The van der Waals surface area contributed by atoms with E-state index in [1.807, 2.05) is 39.2 Å². The van der Waals surface area contributed by atoms with E-state index >= 15 is 0 Å². The van der Waals surface area contributed by atoms with Crippen molar-refractivity contribution in [1.29, 1.82) is 5.26 Å². The fourth-order valence-corrected chi connectivity index (χ4v) is 3.91. The molecule has 4 rings (SSSR count). The Hall–Kier alpha value is -2.92. The summed E-state index contributed by atoms with van der Waals surface area (Å²) >= 11 is 0. The van der Waals surface area contributed by atoms with Crippen molar-refractivity contribution in [2.75, 3.05) is 11.9 Å². The topological polar surface area (TPSA) is 105 Å². The Labute approximate surface area is 170 Å². The van der Waals surface area contributed by atoms with E-state index < -0.39 is 5.54 Å². The predicted octanol–water partition coefficient (Wildman–Crippen LogP) is 3.46. The van der Waals surface area contributed by atoms with Gasteiger partial charge < -0.3 is 10.4 Å². The Morgan fingerprint density at radius 3 is 2.72 bits per heavy atom. The van der Waals surface area contributed by atoms with Crippen LogP contribution in [0.25, 0.3) is 22.2 Å². The zero-order valence-electron chi connectivity index (χ0n) is 17.1. The van der Waals surface area contributed by atoms with Crippen LogP contribution < -0.4 is 5.32 Å². The van der Waals surface area contributed by atoms with Gasteiger partial charge in [0.05, 0.1) is 29.9 Å². The number of pyridine rings is 1. The lowest BCUT2D eigenvalue weighted by atomic mass is 9.93. The van der Waals surface area contributed by atoms with E-state index in [9.17, 15) is 10.4 Å². The molecule has 1 fully saturated rings. The first-order valence-corrected chi connectivity index (χ1v) is 10.2. The van der Waals surface area contributed by atoms with Crippen LogP contribution >= 0.6 is 0 Å². The molecule has 3 aromatic heterocycles. The van der Waals surface area contributed by atoms with Crippen LogP contribution in [0.1, 0.15) is 52.5 Å². The number of aromatic nitrogens is 5. The Bertz CT molecular complexity index is 1050. The predicted molar refractivity (Wildman–Crippen MR) is 111 cm³/mol. The lowest BCUT2D eigenvalue weighted by Gasteiger charge is -2.26. The highest BCUT2D eigenvalue weighted by atomic mass is 16.3. The largest absolute Gasteiger partial charge is 0.393 e. The SMILES string of the molecule is CCNc1cc2c(cn1)c(-c1cnn(C(C)(C)C#N)c1)nn2C1CCC(O)CC1. The van der Waals surface area contributed by atoms with Gasteiger partial charge in [-0.25, -0.2) is 4.98 Å². The van der Waals surface area contributed by atoms with Crippen molar-refractivity contribution in [2.45, 2.75) is 64.1 Å². The molecular weight excluding hydrogens is 366 g/mol. The number of nitrogens with one attached hydrogen (secondary N) is 1. The van der Waals surface area contributed by atoms with Gasteiger partial charge >= 0.3 is 0 Å². The van der Waals surface area contributed by atoms with Gasteiger partial charge in [-0.1, -0.05) is 0 Å². The van der Waals surface area contributed by atoms with Gasteiger partial charge in [-0.2, -0.15) is 15.5 Å². The first-order chi connectivity index (χ1) is 13.9. The van der Waals surface area contributed by atoms with Crippen LogP contribution in [0.5, 0.6) is 0 Å². The summed E-state index contributed by atoms with van der Waals surface area (Å²) in [5.74, 6) is 0.824. The van der Waals surface area contributed by atoms with E-state index in [4.69, 9.17) is 5.10 Å². The highest BCUT2D eigenvalue weighted by molar-refractivity contribution is 5.93. The van der Waals surface area contributed by atoms with Crippen molar-refractivity contribution in [1.82, 2.24) is 24.5 Å². The van der Waals surface area contributed by atoms with Crippen molar-refractivity contribution in [3.63, 3.8) is 0 Å². The van der Waals surface area contributed by atoms with Gasteiger partial charge in [0.25, 0.3) is 0 Å². The average Bonchev–Trinajstić information content (AvgIpc) is 3.34. The Morgan fingerprint density at radius 1 is 1.28 bits per heavy atom. The van der Waals surface area contributed by atoms with Crippen LogP contribution in [-0.2, 0) is 5.54 Å². The minimum atomic E-state index is -0.730. The van der Waals surface area contributed by atoms with Crippen molar-refractivity contribution < 1.29 is 5.11 Å². The molecule has 2 N–H and O–H groups in total. The third-order valence-electron chi connectivity index (χ3n) is 5.66. The summed E-state index contributed by atoms with van der Waals surface area (Å²) in [5, 5.41) is 32.9. The van der Waals surface area contributed by atoms with E-state index in [-0.39, 0.29) is 12.1 Å². The molecule has 0 aromatic carbocycles. The number of anilines is 1. The molecule has 0 radical (unpaired) electrons. The number of nitrogens with zero attached hydrogens (tertiary/aromatic N) is 6. The monoisotopic (exact) mass is 393 g/mol. The van der Waals surface area contributed by atoms with Gasteiger partial charge in [0.1, 0.15) is 17.1 Å². The molecule has 8 nitrogen and oxygen atoms in total. The summed E-state index contributed by atoms with van der Waals surface area (Å²) in [6.07, 6.45) is 8.66. The lowest BCUT2D eigenvalue weighted by Crippen LogP contribution is -2.24. The molecule has 152 valence electrons. The molecule has 1 saturated carbocycles. The summed E-state index contributed by atoms with van der Waals surface area (Å²) < 4.78 is 3.76. The molecule has 3 heterocycles. The van der Waals surface area contributed by atoms with E-state index in [1.54, 1.807) is 10.9 Å². The van der Waals surface area contributed by atoms with Crippen molar-refractivity contribution in [3.05, 3.63) is 24.7 Å². The normalized spacial score (nSPS) is 20.0. The summed E-state index contributed by atoms with van der Waals surface area (Å²) in [5.41, 5.74) is 1.99. The van der Waals surface area contributed by atoms with Crippen LogP contribution in [0.2, 0.25) is 0 Å². The van der Waals surface area contributed by atoms with Crippen molar-refractivity contribution in [3.8, 4) is 17.3 Å². The Morgan fingerprint density at radius 2 is 2.03 bits per heavy atom.